The monoisotopic (exact) mass is 263 g/mol. The van der Waals surface area contributed by atoms with Crippen LogP contribution in [-0.2, 0) is 4.74 Å². The highest BCUT2D eigenvalue weighted by Crippen LogP contribution is 2.35. The molecule has 2 heterocycles. The van der Waals surface area contributed by atoms with Crippen molar-refractivity contribution in [2.75, 3.05) is 20.3 Å². The third kappa shape index (κ3) is 2.69. The summed E-state index contributed by atoms with van der Waals surface area (Å²) in [7, 11) is 1.95. The number of benzene rings is 1. The quantitative estimate of drug-likeness (QED) is 0.904. The number of nitrogens with one attached hydrogen (secondary N) is 1. The molecule has 2 aliphatic heterocycles. The maximum Gasteiger partial charge on any atom is 0.127 e. The Labute approximate surface area is 114 Å². The summed E-state index contributed by atoms with van der Waals surface area (Å²) in [6.07, 6.45) is 2.82. The minimum Gasteiger partial charge on any atom is -0.491 e. The first kappa shape index (κ1) is 12.8. The molecule has 0 bridgehead atoms. The van der Waals surface area contributed by atoms with Gasteiger partial charge < -0.3 is 19.5 Å². The van der Waals surface area contributed by atoms with Crippen molar-refractivity contribution in [2.24, 2.45) is 0 Å². The van der Waals surface area contributed by atoms with Crippen molar-refractivity contribution in [3.05, 3.63) is 23.8 Å². The van der Waals surface area contributed by atoms with Gasteiger partial charge in [-0.15, -0.1) is 0 Å². The van der Waals surface area contributed by atoms with Gasteiger partial charge in [-0.05, 0) is 38.9 Å². The van der Waals surface area contributed by atoms with E-state index in [1.54, 1.807) is 0 Å². The van der Waals surface area contributed by atoms with Crippen LogP contribution in [0.5, 0.6) is 11.5 Å². The van der Waals surface area contributed by atoms with Crippen LogP contribution in [0.2, 0.25) is 0 Å². The molecule has 4 heteroatoms. The van der Waals surface area contributed by atoms with E-state index in [9.17, 15) is 0 Å². The Balaban J connectivity index is 1.60. The molecular weight excluding hydrogens is 242 g/mol. The molecule has 1 saturated heterocycles. The lowest BCUT2D eigenvalue weighted by Crippen LogP contribution is -2.18. The van der Waals surface area contributed by atoms with Crippen molar-refractivity contribution in [1.29, 1.82) is 0 Å². The topological polar surface area (TPSA) is 39.7 Å². The van der Waals surface area contributed by atoms with Gasteiger partial charge in [-0.1, -0.05) is 0 Å². The van der Waals surface area contributed by atoms with Crippen LogP contribution in [0.25, 0.3) is 0 Å². The lowest BCUT2D eigenvalue weighted by atomic mass is 10.1. The second kappa shape index (κ2) is 5.39. The van der Waals surface area contributed by atoms with Crippen molar-refractivity contribution in [2.45, 2.75) is 38.0 Å². The summed E-state index contributed by atoms with van der Waals surface area (Å²) >= 11 is 0. The summed E-state index contributed by atoms with van der Waals surface area (Å²) in [6.45, 7) is 3.43. The Bertz CT molecular complexity index is 449. The van der Waals surface area contributed by atoms with Gasteiger partial charge >= 0.3 is 0 Å². The minimum atomic E-state index is 0.231. The predicted octanol–water partition coefficient (Wildman–Crippen LogP) is 2.29. The van der Waals surface area contributed by atoms with Gasteiger partial charge in [-0.2, -0.15) is 0 Å². The van der Waals surface area contributed by atoms with Gasteiger partial charge in [0, 0.05) is 11.6 Å². The molecule has 0 aliphatic carbocycles. The summed E-state index contributed by atoms with van der Waals surface area (Å²) in [5.74, 6) is 1.79. The van der Waals surface area contributed by atoms with Gasteiger partial charge in [-0.3, -0.25) is 0 Å². The first-order chi connectivity index (χ1) is 9.26. The smallest absolute Gasteiger partial charge is 0.127 e. The summed E-state index contributed by atoms with van der Waals surface area (Å²) in [6, 6.07) is 6.36. The zero-order valence-corrected chi connectivity index (χ0v) is 11.5. The van der Waals surface area contributed by atoms with Crippen LogP contribution in [-0.4, -0.2) is 32.5 Å². The van der Waals surface area contributed by atoms with E-state index in [-0.39, 0.29) is 6.10 Å². The molecule has 3 rings (SSSR count). The number of hydrogen-bond donors (Lipinski definition) is 1. The molecule has 1 aromatic carbocycles. The summed E-state index contributed by atoms with van der Waals surface area (Å²) in [5, 5.41) is 3.24. The molecule has 0 saturated carbocycles. The maximum absolute atomic E-state index is 5.81. The fraction of sp³-hybridized carbons (Fsp3) is 0.600. The zero-order chi connectivity index (χ0) is 13.2. The Kier molecular flexibility index (Phi) is 3.62. The second-order valence-corrected chi connectivity index (χ2v) is 5.31. The van der Waals surface area contributed by atoms with Crippen molar-refractivity contribution in [1.82, 2.24) is 5.32 Å². The molecule has 3 unspecified atom stereocenters. The van der Waals surface area contributed by atoms with Gasteiger partial charge in [0.2, 0.25) is 0 Å². The summed E-state index contributed by atoms with van der Waals surface area (Å²) < 4.78 is 17.2. The second-order valence-electron chi connectivity index (χ2n) is 5.31. The molecule has 0 spiro atoms. The first-order valence-corrected chi connectivity index (χ1v) is 6.98. The van der Waals surface area contributed by atoms with Gasteiger partial charge in [0.1, 0.15) is 24.7 Å². The number of ether oxygens (including phenoxy) is 3. The standard InChI is InChI=1S/C15H21NO3/c1-10-3-4-12(19-10)8-17-11-5-6-13-14(16-2)9-18-15(13)7-11/h5-7,10,12,14,16H,3-4,8-9H2,1-2H3. The molecule has 4 nitrogen and oxygen atoms in total. The van der Waals surface area contributed by atoms with E-state index in [0.717, 1.165) is 24.3 Å². The van der Waals surface area contributed by atoms with Crippen LogP contribution >= 0.6 is 0 Å². The van der Waals surface area contributed by atoms with E-state index in [0.29, 0.717) is 25.4 Å². The maximum atomic E-state index is 5.81. The fourth-order valence-electron chi connectivity index (χ4n) is 2.72. The SMILES string of the molecule is CNC1COc2cc(OCC3CCC(C)O3)ccc21. The number of hydrogen-bond acceptors (Lipinski definition) is 4. The lowest BCUT2D eigenvalue weighted by molar-refractivity contribution is 0.0264. The van der Waals surface area contributed by atoms with Crippen LogP contribution in [0.1, 0.15) is 31.4 Å². The van der Waals surface area contributed by atoms with E-state index < -0.39 is 0 Å². The number of rotatable bonds is 4. The van der Waals surface area contributed by atoms with Gasteiger partial charge in [0.15, 0.2) is 0 Å². The molecule has 3 atom stereocenters. The lowest BCUT2D eigenvalue weighted by Gasteiger charge is -2.13. The Morgan fingerprint density at radius 1 is 1.37 bits per heavy atom. The van der Waals surface area contributed by atoms with Crippen molar-refractivity contribution in [3.63, 3.8) is 0 Å². The minimum absolute atomic E-state index is 0.231. The van der Waals surface area contributed by atoms with Crippen LogP contribution < -0.4 is 14.8 Å². The van der Waals surface area contributed by atoms with Crippen molar-refractivity contribution in [3.8, 4) is 11.5 Å². The van der Waals surface area contributed by atoms with Crippen LogP contribution in [0.15, 0.2) is 18.2 Å². The normalized spacial score (nSPS) is 29.1. The van der Waals surface area contributed by atoms with Gasteiger partial charge in [-0.25, -0.2) is 0 Å². The average Bonchev–Trinajstić information content (AvgIpc) is 3.01. The first-order valence-electron chi connectivity index (χ1n) is 6.98. The van der Waals surface area contributed by atoms with E-state index in [1.807, 2.05) is 19.2 Å². The van der Waals surface area contributed by atoms with E-state index >= 15 is 0 Å². The Morgan fingerprint density at radius 2 is 2.26 bits per heavy atom. The summed E-state index contributed by atoms with van der Waals surface area (Å²) in [4.78, 5) is 0. The highest BCUT2D eigenvalue weighted by molar-refractivity contribution is 5.44. The third-order valence-electron chi connectivity index (χ3n) is 3.87. The average molecular weight is 263 g/mol. The molecule has 0 aromatic heterocycles. The van der Waals surface area contributed by atoms with E-state index in [1.165, 1.54) is 5.56 Å². The fourth-order valence-corrected chi connectivity index (χ4v) is 2.72. The Morgan fingerprint density at radius 3 is 3.00 bits per heavy atom. The van der Waals surface area contributed by atoms with Crippen molar-refractivity contribution < 1.29 is 14.2 Å². The van der Waals surface area contributed by atoms with Crippen LogP contribution in [0, 0.1) is 0 Å². The van der Waals surface area contributed by atoms with Crippen LogP contribution in [0.4, 0.5) is 0 Å². The van der Waals surface area contributed by atoms with E-state index in [2.05, 4.69) is 18.3 Å². The van der Waals surface area contributed by atoms with Gasteiger partial charge in [0.05, 0.1) is 18.2 Å². The summed E-state index contributed by atoms with van der Waals surface area (Å²) in [5.41, 5.74) is 1.21. The molecule has 0 amide bonds. The molecule has 104 valence electrons. The highest BCUT2D eigenvalue weighted by atomic mass is 16.5. The molecule has 0 radical (unpaired) electrons. The molecule has 19 heavy (non-hydrogen) atoms. The third-order valence-corrected chi connectivity index (χ3v) is 3.87. The largest absolute Gasteiger partial charge is 0.491 e. The van der Waals surface area contributed by atoms with Crippen molar-refractivity contribution >= 4 is 0 Å². The predicted molar refractivity (Wildman–Crippen MR) is 72.8 cm³/mol. The van der Waals surface area contributed by atoms with E-state index in [4.69, 9.17) is 14.2 Å². The Hall–Kier alpha value is -1.26. The molecular formula is C15H21NO3. The molecule has 1 aromatic rings. The molecule has 1 N–H and O–H groups in total. The van der Waals surface area contributed by atoms with Crippen LogP contribution in [0.3, 0.4) is 0 Å². The number of likely N-dealkylation sites (N-methyl/N-ethyl adjacent to an activating group) is 1. The number of fused-ring (bicyclic) bond motifs is 1. The molecule has 1 fully saturated rings. The zero-order valence-electron chi connectivity index (χ0n) is 11.5. The van der Waals surface area contributed by atoms with Gasteiger partial charge in [0.25, 0.3) is 0 Å². The molecule has 2 aliphatic rings. The highest BCUT2D eigenvalue weighted by Gasteiger charge is 2.24.